The average molecular weight is 344 g/mol. The van der Waals surface area contributed by atoms with Gasteiger partial charge in [-0.1, -0.05) is 43.0 Å². The number of H-pyrrole nitrogens is 1. The minimum atomic E-state index is -0.808. The number of carbonyl (C=O) groups is 1. The first kappa shape index (κ1) is 18.4. The van der Waals surface area contributed by atoms with Crippen LogP contribution in [0.2, 0.25) is 0 Å². The van der Waals surface area contributed by atoms with Gasteiger partial charge < -0.3 is 9.47 Å². The molecule has 0 radical (unpaired) electrons. The van der Waals surface area contributed by atoms with Crippen molar-refractivity contribution in [3.05, 3.63) is 80.6 Å². The summed E-state index contributed by atoms with van der Waals surface area (Å²) in [6, 6.07) is 9.21. The molecule has 0 aliphatic heterocycles. The summed E-state index contributed by atoms with van der Waals surface area (Å²) in [4.78, 5) is 38.9. The van der Waals surface area contributed by atoms with E-state index in [-0.39, 0.29) is 31.0 Å². The van der Waals surface area contributed by atoms with Gasteiger partial charge in [0.1, 0.15) is 18.9 Å². The third kappa shape index (κ3) is 4.54. The van der Waals surface area contributed by atoms with Crippen molar-refractivity contribution >= 4 is 5.97 Å². The van der Waals surface area contributed by atoms with Crippen LogP contribution in [0.3, 0.4) is 0 Å². The molecule has 0 amide bonds. The van der Waals surface area contributed by atoms with Gasteiger partial charge in [0.2, 0.25) is 0 Å². The Kier molecular flexibility index (Phi) is 6.47. The maximum atomic E-state index is 12.3. The molecule has 0 aliphatic carbocycles. The molecule has 0 saturated heterocycles. The molecule has 2 aromatic rings. The van der Waals surface area contributed by atoms with Crippen molar-refractivity contribution < 1.29 is 14.3 Å². The fraction of sp³-hybridized carbons (Fsp3) is 0.278. The Bertz CT molecular complexity index is 852. The van der Waals surface area contributed by atoms with Crippen LogP contribution in [-0.2, 0) is 22.6 Å². The number of nitrogens with zero attached hydrogens (tertiary/aromatic N) is 1. The normalized spacial score (nSPS) is 10.4. The zero-order chi connectivity index (χ0) is 18.2. The first-order chi connectivity index (χ1) is 12.1. The SMILES string of the molecule is C=CCOC(=O)c1c(Cc2ccccc2)n(COCC)c(=O)[nH]c1=O. The maximum absolute atomic E-state index is 12.3. The van der Waals surface area contributed by atoms with Crippen molar-refractivity contribution in [2.24, 2.45) is 0 Å². The summed E-state index contributed by atoms with van der Waals surface area (Å²) < 4.78 is 11.5. The van der Waals surface area contributed by atoms with Gasteiger partial charge in [-0.05, 0) is 12.5 Å². The van der Waals surface area contributed by atoms with E-state index in [1.165, 1.54) is 10.6 Å². The summed E-state index contributed by atoms with van der Waals surface area (Å²) in [6.07, 6.45) is 1.62. The Hall–Kier alpha value is -2.93. The molecule has 0 bridgehead atoms. The molecule has 0 fully saturated rings. The summed E-state index contributed by atoms with van der Waals surface area (Å²) in [5.74, 6) is -0.808. The van der Waals surface area contributed by atoms with Crippen LogP contribution in [0.15, 0.2) is 52.6 Å². The number of hydrogen-bond acceptors (Lipinski definition) is 5. The lowest BCUT2D eigenvalue weighted by atomic mass is 10.1. The van der Waals surface area contributed by atoms with E-state index in [9.17, 15) is 14.4 Å². The van der Waals surface area contributed by atoms with E-state index < -0.39 is 17.2 Å². The molecule has 1 aromatic carbocycles. The van der Waals surface area contributed by atoms with Gasteiger partial charge in [0.15, 0.2) is 0 Å². The largest absolute Gasteiger partial charge is 0.458 e. The number of esters is 1. The molecule has 0 unspecified atom stereocenters. The highest BCUT2D eigenvalue weighted by atomic mass is 16.5. The Morgan fingerprint density at radius 1 is 1.28 bits per heavy atom. The first-order valence-corrected chi connectivity index (χ1v) is 7.84. The maximum Gasteiger partial charge on any atom is 0.345 e. The molecule has 0 atom stereocenters. The predicted molar refractivity (Wildman–Crippen MR) is 92.7 cm³/mol. The van der Waals surface area contributed by atoms with Crippen LogP contribution in [0.25, 0.3) is 0 Å². The fourth-order valence-electron chi connectivity index (χ4n) is 2.33. The molecule has 1 heterocycles. The second-order valence-corrected chi connectivity index (χ2v) is 5.18. The highest BCUT2D eigenvalue weighted by Gasteiger charge is 2.22. The van der Waals surface area contributed by atoms with Gasteiger partial charge in [-0.25, -0.2) is 9.59 Å². The molecule has 1 N–H and O–H groups in total. The molecule has 7 heteroatoms. The summed E-state index contributed by atoms with van der Waals surface area (Å²) >= 11 is 0. The van der Waals surface area contributed by atoms with Gasteiger partial charge in [-0.15, -0.1) is 0 Å². The van der Waals surface area contributed by atoms with Crippen molar-refractivity contribution in [2.75, 3.05) is 13.2 Å². The minimum absolute atomic E-state index is 0.0341. The molecular weight excluding hydrogens is 324 g/mol. The van der Waals surface area contributed by atoms with E-state index in [0.717, 1.165) is 5.56 Å². The monoisotopic (exact) mass is 344 g/mol. The minimum Gasteiger partial charge on any atom is -0.458 e. The van der Waals surface area contributed by atoms with Crippen LogP contribution in [0, 0.1) is 0 Å². The molecule has 25 heavy (non-hydrogen) atoms. The lowest BCUT2D eigenvalue weighted by Crippen LogP contribution is -2.38. The molecule has 2 rings (SSSR count). The van der Waals surface area contributed by atoms with Crippen molar-refractivity contribution in [3.63, 3.8) is 0 Å². The van der Waals surface area contributed by atoms with Crippen molar-refractivity contribution in [1.29, 1.82) is 0 Å². The van der Waals surface area contributed by atoms with Crippen molar-refractivity contribution in [3.8, 4) is 0 Å². The lowest BCUT2D eigenvalue weighted by Gasteiger charge is -2.15. The summed E-state index contributed by atoms with van der Waals surface area (Å²) in [5.41, 5.74) is -0.523. The van der Waals surface area contributed by atoms with E-state index in [1.807, 2.05) is 30.3 Å². The Balaban J connectivity index is 2.59. The molecule has 1 aromatic heterocycles. The standard InChI is InChI=1S/C18H20N2O5/c1-3-10-25-17(22)15-14(11-13-8-6-5-7-9-13)20(12-24-4-2)18(23)19-16(15)21/h3,5-9H,1,4,10-12H2,2H3,(H,19,21,23). The smallest absolute Gasteiger partial charge is 0.345 e. The average Bonchev–Trinajstić information content (AvgIpc) is 2.60. The Morgan fingerprint density at radius 3 is 2.64 bits per heavy atom. The Labute approximate surface area is 144 Å². The lowest BCUT2D eigenvalue weighted by molar-refractivity contribution is 0.0538. The molecule has 0 saturated carbocycles. The van der Waals surface area contributed by atoms with Gasteiger partial charge in [-0.2, -0.15) is 0 Å². The molecule has 7 nitrogen and oxygen atoms in total. The number of aromatic amines is 1. The number of carbonyl (C=O) groups excluding carboxylic acids is 1. The quantitative estimate of drug-likeness (QED) is 0.578. The molecule has 0 aliphatic rings. The number of hydrogen-bond donors (Lipinski definition) is 1. The number of nitrogens with one attached hydrogen (secondary N) is 1. The number of benzene rings is 1. The van der Waals surface area contributed by atoms with Crippen LogP contribution in [0.5, 0.6) is 0 Å². The summed E-state index contributed by atoms with van der Waals surface area (Å²) in [5, 5.41) is 0. The Morgan fingerprint density at radius 2 is 2.00 bits per heavy atom. The zero-order valence-electron chi connectivity index (χ0n) is 14.0. The second kappa shape index (κ2) is 8.79. The third-order valence-corrected chi connectivity index (χ3v) is 3.48. The van der Waals surface area contributed by atoms with Crippen LogP contribution in [-0.4, -0.2) is 28.7 Å². The predicted octanol–water partition coefficient (Wildman–Crippen LogP) is 1.46. The number of aromatic nitrogens is 2. The highest BCUT2D eigenvalue weighted by molar-refractivity contribution is 5.90. The van der Waals surface area contributed by atoms with Gasteiger partial charge in [-0.3, -0.25) is 14.3 Å². The van der Waals surface area contributed by atoms with Gasteiger partial charge in [0.05, 0.1) is 0 Å². The van der Waals surface area contributed by atoms with Gasteiger partial charge >= 0.3 is 11.7 Å². The molecule has 132 valence electrons. The van der Waals surface area contributed by atoms with Crippen LogP contribution < -0.4 is 11.2 Å². The van der Waals surface area contributed by atoms with Gasteiger partial charge in [0, 0.05) is 18.7 Å². The highest BCUT2D eigenvalue weighted by Crippen LogP contribution is 2.12. The topological polar surface area (TPSA) is 90.4 Å². The first-order valence-electron chi connectivity index (χ1n) is 7.84. The van der Waals surface area contributed by atoms with Crippen LogP contribution in [0.1, 0.15) is 28.5 Å². The number of rotatable bonds is 8. The third-order valence-electron chi connectivity index (χ3n) is 3.48. The van der Waals surface area contributed by atoms with Crippen LogP contribution >= 0.6 is 0 Å². The fourth-order valence-corrected chi connectivity index (χ4v) is 2.33. The molecule has 0 spiro atoms. The van der Waals surface area contributed by atoms with E-state index in [0.29, 0.717) is 6.61 Å². The van der Waals surface area contributed by atoms with E-state index in [4.69, 9.17) is 9.47 Å². The van der Waals surface area contributed by atoms with E-state index in [2.05, 4.69) is 11.6 Å². The second-order valence-electron chi connectivity index (χ2n) is 5.18. The summed E-state index contributed by atoms with van der Waals surface area (Å²) in [7, 11) is 0. The van der Waals surface area contributed by atoms with Crippen molar-refractivity contribution in [1.82, 2.24) is 9.55 Å². The van der Waals surface area contributed by atoms with Gasteiger partial charge in [0.25, 0.3) is 5.56 Å². The van der Waals surface area contributed by atoms with E-state index >= 15 is 0 Å². The number of ether oxygens (including phenoxy) is 2. The zero-order valence-corrected chi connectivity index (χ0v) is 14.0. The van der Waals surface area contributed by atoms with E-state index in [1.54, 1.807) is 6.92 Å². The summed E-state index contributed by atoms with van der Waals surface area (Å²) in [6.45, 7) is 5.53. The van der Waals surface area contributed by atoms with Crippen LogP contribution in [0.4, 0.5) is 0 Å². The van der Waals surface area contributed by atoms with Crippen molar-refractivity contribution in [2.45, 2.75) is 20.1 Å². The molecular formula is C18H20N2O5.